The minimum Gasteiger partial charge on any atom is -0.477 e. The van der Waals surface area contributed by atoms with Crippen molar-refractivity contribution in [2.45, 2.75) is 19.8 Å². The highest BCUT2D eigenvalue weighted by Crippen LogP contribution is 2.25. The number of aromatic nitrogens is 2. The van der Waals surface area contributed by atoms with Crippen molar-refractivity contribution < 1.29 is 4.74 Å². The Bertz CT molecular complexity index is 394. The normalized spacial score (nSPS) is 23.4. The fourth-order valence-corrected chi connectivity index (χ4v) is 1.93. The van der Waals surface area contributed by atoms with E-state index in [4.69, 9.17) is 10.6 Å². The maximum absolute atomic E-state index is 5.68. The summed E-state index contributed by atoms with van der Waals surface area (Å²) in [4.78, 5) is 7.98. The van der Waals surface area contributed by atoms with Crippen LogP contribution in [0, 0.1) is 11.8 Å². The van der Waals surface area contributed by atoms with Crippen LogP contribution in [-0.4, -0.2) is 16.6 Å². The number of rotatable bonds is 4. The number of hydrogen-bond acceptors (Lipinski definition) is 5. The van der Waals surface area contributed by atoms with Crippen LogP contribution < -0.4 is 16.0 Å². The van der Waals surface area contributed by atoms with Gasteiger partial charge in [0.05, 0.1) is 6.61 Å². The lowest BCUT2D eigenvalue weighted by Gasteiger charge is -2.24. The van der Waals surface area contributed by atoms with Crippen molar-refractivity contribution in [3.63, 3.8) is 0 Å². The molecule has 2 unspecified atom stereocenters. The topological polar surface area (TPSA) is 73.1 Å². The number of anilines is 1. The highest BCUT2D eigenvalue weighted by atomic mass is 16.5. The number of nitrogens with two attached hydrogens (primary N) is 1. The Kier molecular flexibility index (Phi) is 3.93. The molecule has 1 aromatic heterocycles. The quantitative estimate of drug-likeness (QED) is 0.471. The molecule has 1 aliphatic rings. The minimum absolute atomic E-state index is 0.559. The van der Waals surface area contributed by atoms with Gasteiger partial charge in [0.2, 0.25) is 5.88 Å². The summed E-state index contributed by atoms with van der Waals surface area (Å²) >= 11 is 0. The number of hydrogen-bond donors (Lipinski definition) is 2. The summed E-state index contributed by atoms with van der Waals surface area (Å²) < 4.78 is 5.68. The standard InChI is InChI=1S/C12H18N4O/c1-9-4-2-3-5-10(9)7-17-12-6-11(16-13)14-8-15-12/h2-3,6,8-10H,4-5,7,13H2,1H3,(H,14,15,16). The summed E-state index contributed by atoms with van der Waals surface area (Å²) in [5, 5.41) is 0. The lowest BCUT2D eigenvalue weighted by atomic mass is 9.85. The zero-order chi connectivity index (χ0) is 12.1. The number of nitrogen functional groups attached to an aromatic ring is 1. The first-order valence-corrected chi connectivity index (χ1v) is 5.86. The van der Waals surface area contributed by atoms with Crippen LogP contribution in [0.2, 0.25) is 0 Å². The third-order valence-corrected chi connectivity index (χ3v) is 3.15. The highest BCUT2D eigenvalue weighted by Gasteiger charge is 2.19. The van der Waals surface area contributed by atoms with E-state index < -0.39 is 0 Å². The van der Waals surface area contributed by atoms with Crippen molar-refractivity contribution in [1.29, 1.82) is 0 Å². The van der Waals surface area contributed by atoms with Crippen molar-refractivity contribution in [3.8, 4) is 5.88 Å². The van der Waals surface area contributed by atoms with E-state index in [0.29, 0.717) is 30.1 Å². The first-order chi connectivity index (χ1) is 8.29. The van der Waals surface area contributed by atoms with E-state index in [0.717, 1.165) is 12.8 Å². The van der Waals surface area contributed by atoms with Gasteiger partial charge in [0.25, 0.3) is 0 Å². The maximum Gasteiger partial charge on any atom is 0.218 e. The van der Waals surface area contributed by atoms with E-state index in [2.05, 4.69) is 34.5 Å². The molecule has 0 fully saturated rings. The van der Waals surface area contributed by atoms with E-state index in [1.165, 1.54) is 6.33 Å². The monoisotopic (exact) mass is 234 g/mol. The molecule has 0 saturated carbocycles. The fraction of sp³-hybridized carbons (Fsp3) is 0.500. The molecule has 17 heavy (non-hydrogen) atoms. The molecule has 5 heteroatoms. The number of nitrogens with zero attached hydrogens (tertiary/aromatic N) is 2. The highest BCUT2D eigenvalue weighted by molar-refractivity contribution is 5.35. The summed E-state index contributed by atoms with van der Waals surface area (Å²) in [5.74, 6) is 7.62. The van der Waals surface area contributed by atoms with Crippen molar-refractivity contribution in [3.05, 3.63) is 24.5 Å². The molecule has 0 bridgehead atoms. The van der Waals surface area contributed by atoms with E-state index in [1.807, 2.05) is 0 Å². The molecule has 1 aliphatic carbocycles. The number of allylic oxidation sites excluding steroid dienone is 2. The van der Waals surface area contributed by atoms with Crippen molar-refractivity contribution >= 4 is 5.82 Å². The Labute approximate surface area is 101 Å². The molecule has 2 atom stereocenters. The summed E-state index contributed by atoms with van der Waals surface area (Å²) in [6, 6.07) is 1.70. The number of ether oxygens (including phenoxy) is 1. The van der Waals surface area contributed by atoms with Gasteiger partial charge in [-0.05, 0) is 24.7 Å². The molecule has 1 aromatic rings. The zero-order valence-corrected chi connectivity index (χ0v) is 9.97. The van der Waals surface area contributed by atoms with Gasteiger partial charge in [0, 0.05) is 6.07 Å². The molecule has 3 N–H and O–H groups in total. The Balaban J connectivity index is 1.90. The van der Waals surface area contributed by atoms with E-state index >= 15 is 0 Å². The third kappa shape index (κ3) is 3.17. The zero-order valence-electron chi connectivity index (χ0n) is 9.97. The fourth-order valence-electron chi connectivity index (χ4n) is 1.93. The van der Waals surface area contributed by atoms with Gasteiger partial charge in [0.1, 0.15) is 12.1 Å². The number of hydrazine groups is 1. The summed E-state index contributed by atoms with van der Waals surface area (Å²) in [6.07, 6.45) is 8.11. The van der Waals surface area contributed by atoms with Gasteiger partial charge < -0.3 is 10.2 Å². The minimum atomic E-state index is 0.559. The maximum atomic E-state index is 5.68. The van der Waals surface area contributed by atoms with Crippen LogP contribution in [0.1, 0.15) is 19.8 Å². The summed E-state index contributed by atoms with van der Waals surface area (Å²) in [5.41, 5.74) is 2.47. The third-order valence-electron chi connectivity index (χ3n) is 3.15. The molecule has 0 radical (unpaired) electrons. The molecule has 92 valence electrons. The first-order valence-electron chi connectivity index (χ1n) is 5.86. The first kappa shape index (κ1) is 11.9. The second-order valence-electron chi connectivity index (χ2n) is 4.38. The predicted molar refractivity (Wildman–Crippen MR) is 66.4 cm³/mol. The molecule has 1 heterocycles. The predicted octanol–water partition coefficient (Wildman–Crippen LogP) is 1.74. The molecule has 0 saturated heterocycles. The van der Waals surface area contributed by atoms with Gasteiger partial charge in [-0.2, -0.15) is 0 Å². The largest absolute Gasteiger partial charge is 0.477 e. The van der Waals surface area contributed by atoms with Crippen LogP contribution in [0.15, 0.2) is 24.5 Å². The Morgan fingerprint density at radius 3 is 3.00 bits per heavy atom. The van der Waals surface area contributed by atoms with Crippen molar-refractivity contribution in [2.75, 3.05) is 12.0 Å². The lowest BCUT2D eigenvalue weighted by Crippen LogP contribution is -2.21. The summed E-state index contributed by atoms with van der Waals surface area (Å²) in [7, 11) is 0. The molecular formula is C12H18N4O. The molecule has 0 aromatic carbocycles. The molecule has 0 aliphatic heterocycles. The SMILES string of the molecule is CC1CC=CCC1COc1cc(NN)ncn1. The van der Waals surface area contributed by atoms with E-state index in [1.54, 1.807) is 6.07 Å². The average molecular weight is 234 g/mol. The second-order valence-corrected chi connectivity index (χ2v) is 4.38. The lowest BCUT2D eigenvalue weighted by molar-refractivity contribution is 0.192. The molecule has 2 rings (SSSR count). The van der Waals surface area contributed by atoms with E-state index in [9.17, 15) is 0 Å². The second kappa shape index (κ2) is 5.63. The van der Waals surface area contributed by atoms with Crippen LogP contribution in [0.3, 0.4) is 0 Å². The van der Waals surface area contributed by atoms with Gasteiger partial charge in [-0.25, -0.2) is 15.8 Å². The number of nitrogens with one attached hydrogen (secondary N) is 1. The van der Waals surface area contributed by atoms with Crippen molar-refractivity contribution in [2.24, 2.45) is 17.7 Å². The summed E-state index contributed by atoms with van der Waals surface area (Å²) in [6.45, 7) is 2.94. The Morgan fingerprint density at radius 2 is 2.24 bits per heavy atom. The van der Waals surface area contributed by atoms with Crippen LogP contribution in [0.25, 0.3) is 0 Å². The van der Waals surface area contributed by atoms with E-state index in [-0.39, 0.29) is 0 Å². The molecule has 0 amide bonds. The van der Waals surface area contributed by atoms with Crippen LogP contribution in [-0.2, 0) is 0 Å². The Hall–Kier alpha value is -1.62. The molecule has 0 spiro atoms. The molecule has 5 nitrogen and oxygen atoms in total. The van der Waals surface area contributed by atoms with Crippen LogP contribution in [0.5, 0.6) is 5.88 Å². The smallest absolute Gasteiger partial charge is 0.218 e. The average Bonchev–Trinajstić information content (AvgIpc) is 2.38. The van der Waals surface area contributed by atoms with Gasteiger partial charge in [0.15, 0.2) is 0 Å². The Morgan fingerprint density at radius 1 is 1.41 bits per heavy atom. The van der Waals surface area contributed by atoms with Gasteiger partial charge in [-0.15, -0.1) is 0 Å². The van der Waals surface area contributed by atoms with Crippen LogP contribution >= 0.6 is 0 Å². The van der Waals surface area contributed by atoms with Gasteiger partial charge >= 0.3 is 0 Å². The van der Waals surface area contributed by atoms with Gasteiger partial charge in [-0.1, -0.05) is 19.1 Å². The van der Waals surface area contributed by atoms with Gasteiger partial charge in [-0.3, -0.25) is 0 Å². The van der Waals surface area contributed by atoms with Crippen molar-refractivity contribution in [1.82, 2.24) is 9.97 Å². The van der Waals surface area contributed by atoms with Crippen LogP contribution in [0.4, 0.5) is 5.82 Å². The molecular weight excluding hydrogens is 216 g/mol.